The lowest BCUT2D eigenvalue weighted by Gasteiger charge is -2.13. The maximum Gasteiger partial charge on any atom is 0.187 e. The van der Waals surface area contributed by atoms with Gasteiger partial charge in [0.1, 0.15) is 0 Å². The summed E-state index contributed by atoms with van der Waals surface area (Å²) in [5.41, 5.74) is 12.9. The minimum atomic E-state index is -0.0351. The quantitative estimate of drug-likeness (QED) is 0.0480. The van der Waals surface area contributed by atoms with Crippen molar-refractivity contribution in [3.8, 4) is 22.3 Å². The van der Waals surface area contributed by atoms with Gasteiger partial charge < -0.3 is 20.8 Å². The Morgan fingerprint density at radius 1 is 0.542 bits per heavy atom. The first-order valence-electron chi connectivity index (χ1n) is 17.2. The number of aliphatic hydroxyl groups is 2. The fraction of sp³-hybridized carbons (Fsp3) is 0.286. The highest BCUT2D eigenvalue weighted by molar-refractivity contribution is 6.06. The van der Waals surface area contributed by atoms with E-state index in [0.29, 0.717) is 49.9 Å². The molecule has 4 aromatic carbocycles. The van der Waals surface area contributed by atoms with Crippen LogP contribution >= 0.6 is 0 Å². The maximum absolute atomic E-state index is 13.2. The van der Waals surface area contributed by atoms with Crippen LogP contribution in [0.15, 0.2) is 108 Å². The molecule has 0 spiro atoms. The van der Waals surface area contributed by atoms with E-state index in [9.17, 15) is 19.8 Å². The van der Waals surface area contributed by atoms with Crippen LogP contribution in [0.5, 0.6) is 0 Å². The summed E-state index contributed by atoms with van der Waals surface area (Å²) in [4.78, 5) is 26.5. The van der Waals surface area contributed by atoms with Crippen LogP contribution in [0.1, 0.15) is 81.5 Å². The monoisotopic (exact) mass is 640 g/mol. The number of aliphatic hydroxyl groups excluding tert-OH is 2. The Bertz CT molecular complexity index is 1720. The van der Waals surface area contributed by atoms with Crippen molar-refractivity contribution in [3.63, 3.8) is 0 Å². The van der Waals surface area contributed by atoms with Crippen molar-refractivity contribution >= 4 is 11.6 Å². The molecule has 6 heteroatoms. The molecule has 0 aromatic heterocycles. The Morgan fingerprint density at radius 3 is 1.40 bits per heavy atom. The summed E-state index contributed by atoms with van der Waals surface area (Å²) in [6, 6.07) is 28.7. The van der Waals surface area contributed by atoms with Gasteiger partial charge in [-0.25, -0.2) is 0 Å². The predicted octanol–water partition coefficient (Wildman–Crippen LogP) is 7.17. The summed E-state index contributed by atoms with van der Waals surface area (Å²) in [6.45, 7) is 1.51. The number of benzene rings is 4. The molecule has 0 atom stereocenters. The van der Waals surface area contributed by atoms with E-state index in [2.05, 4.69) is 59.2 Å². The fourth-order valence-corrected chi connectivity index (χ4v) is 6.79. The molecule has 4 N–H and O–H groups in total. The number of carbonyl (C=O) groups excluding carboxylic acids is 2. The van der Waals surface area contributed by atoms with Gasteiger partial charge in [0.05, 0.1) is 0 Å². The molecule has 0 heterocycles. The standard InChI is InChI=1S/C42H44N2O4/c45-21-7-11-35(27-41(47)31-15-17-39-33(25-31)23-29-9-1-3-13-37(29)39)43-19-5-6-20-44-36(12-8-22-46)28-42(48)32-16-18-40-34(26-32)24-30-10-2-4-14-38(30)40/h1-4,9-10,13-18,25-28,43-46H,5-8,11-12,19-24H2/b35-27-,36-28-. The van der Waals surface area contributed by atoms with Gasteiger partial charge in [-0.05, 0) is 108 Å². The third-order valence-electron chi connectivity index (χ3n) is 9.28. The van der Waals surface area contributed by atoms with Crippen LogP contribution in [0.2, 0.25) is 0 Å². The molecular formula is C42H44N2O4. The summed E-state index contributed by atoms with van der Waals surface area (Å²) >= 11 is 0. The van der Waals surface area contributed by atoms with E-state index in [1.165, 1.54) is 44.5 Å². The summed E-state index contributed by atoms with van der Waals surface area (Å²) in [5, 5.41) is 25.7. The Kier molecular flexibility index (Phi) is 11.0. The van der Waals surface area contributed by atoms with E-state index >= 15 is 0 Å². The van der Waals surface area contributed by atoms with Crippen molar-refractivity contribution in [2.75, 3.05) is 26.3 Å². The van der Waals surface area contributed by atoms with Crippen LogP contribution in [0.25, 0.3) is 22.3 Å². The number of ketones is 2. The second-order valence-electron chi connectivity index (χ2n) is 12.7. The molecule has 2 aliphatic carbocycles. The summed E-state index contributed by atoms with van der Waals surface area (Å²) in [6.07, 6.45) is 9.12. The number of allylic oxidation sites excluding steroid dienone is 4. The average Bonchev–Trinajstić information content (AvgIpc) is 3.68. The second-order valence-corrected chi connectivity index (χ2v) is 12.7. The summed E-state index contributed by atoms with van der Waals surface area (Å²) in [5.74, 6) is -0.0702. The largest absolute Gasteiger partial charge is 0.396 e. The molecule has 0 saturated carbocycles. The van der Waals surface area contributed by atoms with Crippen molar-refractivity contribution in [1.29, 1.82) is 0 Å². The lowest BCUT2D eigenvalue weighted by Crippen LogP contribution is -2.20. The third kappa shape index (κ3) is 7.84. The lowest BCUT2D eigenvalue weighted by atomic mass is 10.0. The Morgan fingerprint density at radius 2 is 0.958 bits per heavy atom. The molecule has 2 aliphatic rings. The van der Waals surface area contributed by atoms with E-state index in [1.54, 1.807) is 12.2 Å². The van der Waals surface area contributed by atoms with Gasteiger partial charge in [-0.1, -0.05) is 72.8 Å². The summed E-state index contributed by atoms with van der Waals surface area (Å²) < 4.78 is 0. The second kappa shape index (κ2) is 15.9. The average molecular weight is 641 g/mol. The number of hydrogen-bond donors (Lipinski definition) is 4. The highest BCUT2D eigenvalue weighted by Gasteiger charge is 2.20. The van der Waals surface area contributed by atoms with Gasteiger partial charge in [0.25, 0.3) is 0 Å². The minimum Gasteiger partial charge on any atom is -0.396 e. The van der Waals surface area contributed by atoms with E-state index in [4.69, 9.17) is 0 Å². The van der Waals surface area contributed by atoms with Crippen LogP contribution in [0, 0.1) is 0 Å². The van der Waals surface area contributed by atoms with Crippen molar-refractivity contribution in [2.24, 2.45) is 0 Å². The van der Waals surface area contributed by atoms with Crippen molar-refractivity contribution in [3.05, 3.63) is 142 Å². The van der Waals surface area contributed by atoms with Crippen LogP contribution < -0.4 is 10.6 Å². The lowest BCUT2D eigenvalue weighted by molar-refractivity contribution is 0.103. The van der Waals surface area contributed by atoms with E-state index in [-0.39, 0.29) is 24.8 Å². The molecule has 4 aromatic rings. The summed E-state index contributed by atoms with van der Waals surface area (Å²) in [7, 11) is 0. The maximum atomic E-state index is 13.2. The van der Waals surface area contributed by atoms with Crippen LogP contribution in [-0.4, -0.2) is 48.1 Å². The smallest absolute Gasteiger partial charge is 0.187 e. The predicted molar refractivity (Wildman–Crippen MR) is 192 cm³/mol. The van der Waals surface area contributed by atoms with Gasteiger partial charge in [0.2, 0.25) is 0 Å². The number of hydrogen-bond acceptors (Lipinski definition) is 6. The van der Waals surface area contributed by atoms with Crippen molar-refractivity contribution in [1.82, 2.24) is 10.6 Å². The molecule has 0 fully saturated rings. The zero-order valence-corrected chi connectivity index (χ0v) is 27.4. The molecule has 6 nitrogen and oxygen atoms in total. The van der Waals surface area contributed by atoms with Gasteiger partial charge in [-0.15, -0.1) is 0 Å². The number of unbranched alkanes of at least 4 members (excludes halogenated alkanes) is 1. The Hall–Kier alpha value is -4.78. The van der Waals surface area contributed by atoms with Crippen molar-refractivity contribution < 1.29 is 19.8 Å². The van der Waals surface area contributed by atoms with Crippen LogP contribution in [0.4, 0.5) is 0 Å². The van der Waals surface area contributed by atoms with Gasteiger partial charge in [0.15, 0.2) is 11.6 Å². The zero-order chi connectivity index (χ0) is 33.3. The zero-order valence-electron chi connectivity index (χ0n) is 27.4. The minimum absolute atomic E-state index is 0.0351. The van der Waals surface area contributed by atoms with Gasteiger partial charge >= 0.3 is 0 Å². The first kappa shape index (κ1) is 33.1. The van der Waals surface area contributed by atoms with E-state index < -0.39 is 0 Å². The number of rotatable bonds is 17. The normalized spacial score (nSPS) is 13.0. The molecule has 0 unspecified atom stereocenters. The first-order chi connectivity index (χ1) is 23.5. The van der Waals surface area contributed by atoms with E-state index in [1.807, 2.05) is 36.4 Å². The fourth-order valence-electron chi connectivity index (χ4n) is 6.79. The van der Waals surface area contributed by atoms with Crippen LogP contribution in [-0.2, 0) is 12.8 Å². The molecule has 48 heavy (non-hydrogen) atoms. The molecule has 246 valence electrons. The highest BCUT2D eigenvalue weighted by atomic mass is 16.3. The molecule has 0 bridgehead atoms. The Balaban J connectivity index is 1.00. The van der Waals surface area contributed by atoms with E-state index in [0.717, 1.165) is 37.1 Å². The van der Waals surface area contributed by atoms with Crippen LogP contribution in [0.3, 0.4) is 0 Å². The molecule has 6 rings (SSSR count). The molecule has 0 saturated heterocycles. The number of nitrogens with one attached hydrogen (secondary N) is 2. The van der Waals surface area contributed by atoms with Crippen molar-refractivity contribution in [2.45, 2.75) is 51.4 Å². The Labute approximate surface area is 283 Å². The molecular weight excluding hydrogens is 596 g/mol. The van der Waals surface area contributed by atoms with Gasteiger partial charge in [0, 0.05) is 61.0 Å². The molecule has 0 aliphatic heterocycles. The topological polar surface area (TPSA) is 98.7 Å². The molecule has 0 amide bonds. The van der Waals surface area contributed by atoms with Gasteiger partial charge in [-0.3, -0.25) is 9.59 Å². The SMILES string of the molecule is O=C(/C=C(/CCCO)NCCCCN/C(=C\C(=O)c1ccc2c(c1)Cc1ccccc1-2)CCCO)c1ccc2c(c1)Cc1ccccc1-2. The molecule has 0 radical (unpaired) electrons. The first-order valence-corrected chi connectivity index (χ1v) is 17.2. The highest BCUT2D eigenvalue weighted by Crippen LogP contribution is 2.38. The number of carbonyl (C=O) groups is 2. The third-order valence-corrected chi connectivity index (χ3v) is 9.28. The van der Waals surface area contributed by atoms with Gasteiger partial charge in [-0.2, -0.15) is 0 Å². The number of fused-ring (bicyclic) bond motifs is 6.